The minimum absolute atomic E-state index is 0.0205. The zero-order chi connectivity index (χ0) is 22.0. The van der Waals surface area contributed by atoms with Crippen molar-refractivity contribution in [2.24, 2.45) is 0 Å². The van der Waals surface area contributed by atoms with Gasteiger partial charge in [0.2, 0.25) is 15.9 Å². The van der Waals surface area contributed by atoms with Crippen molar-refractivity contribution in [1.82, 2.24) is 23.6 Å². The van der Waals surface area contributed by atoms with E-state index >= 15 is 0 Å². The van der Waals surface area contributed by atoms with Crippen LogP contribution < -0.4 is 10.9 Å². The second-order valence-electron chi connectivity index (χ2n) is 6.99. The van der Waals surface area contributed by atoms with E-state index in [9.17, 15) is 18.0 Å². The van der Waals surface area contributed by atoms with E-state index < -0.39 is 21.5 Å². The number of amides is 1. The molecular weight excluding hydrogens is 444 g/mol. The van der Waals surface area contributed by atoms with Crippen LogP contribution in [0.5, 0.6) is 0 Å². The predicted octanol–water partition coefficient (Wildman–Crippen LogP) is 1.51. The Labute approximate surface area is 183 Å². The Kier molecular flexibility index (Phi) is 5.90. The average molecular weight is 463 g/mol. The number of nitrogens with one attached hydrogen (secondary N) is 1. The summed E-state index contributed by atoms with van der Waals surface area (Å²) in [7, 11) is -3.71. The molecule has 0 bridgehead atoms. The summed E-state index contributed by atoms with van der Waals surface area (Å²) in [5.41, 5.74) is 0.419. The topological polar surface area (TPSA) is 119 Å². The van der Waals surface area contributed by atoms with Gasteiger partial charge in [0.05, 0.1) is 16.3 Å². The van der Waals surface area contributed by atoms with Crippen LogP contribution in [0.25, 0.3) is 5.69 Å². The van der Waals surface area contributed by atoms with E-state index in [1.807, 2.05) is 0 Å². The molecule has 31 heavy (non-hydrogen) atoms. The molecule has 2 aromatic heterocycles. The van der Waals surface area contributed by atoms with Crippen LogP contribution in [0.4, 0.5) is 5.69 Å². The first-order valence-corrected chi connectivity index (χ1v) is 11.3. The zero-order valence-corrected chi connectivity index (χ0v) is 17.9. The minimum Gasteiger partial charge on any atom is -0.323 e. The van der Waals surface area contributed by atoms with Crippen LogP contribution in [0.3, 0.4) is 0 Å². The molecule has 0 unspecified atom stereocenters. The fourth-order valence-electron chi connectivity index (χ4n) is 3.35. The van der Waals surface area contributed by atoms with Gasteiger partial charge in [-0.25, -0.2) is 18.1 Å². The number of rotatable bonds is 6. The molecule has 0 aliphatic carbocycles. The van der Waals surface area contributed by atoms with Crippen LogP contribution in [0.15, 0.2) is 58.9 Å². The fraction of sp³-hybridized carbons (Fsp3) is 0.263. The van der Waals surface area contributed by atoms with E-state index in [2.05, 4.69) is 15.4 Å². The van der Waals surface area contributed by atoms with Gasteiger partial charge in [0.1, 0.15) is 19.2 Å². The fourth-order valence-corrected chi connectivity index (χ4v) is 5.06. The molecule has 10 nitrogen and oxygen atoms in total. The van der Waals surface area contributed by atoms with Crippen LogP contribution in [0, 0.1) is 0 Å². The first kappa shape index (κ1) is 21.2. The Balaban J connectivity index is 1.57. The van der Waals surface area contributed by atoms with Crippen molar-refractivity contribution < 1.29 is 13.2 Å². The van der Waals surface area contributed by atoms with Crippen LogP contribution >= 0.6 is 11.6 Å². The van der Waals surface area contributed by atoms with Gasteiger partial charge in [0.15, 0.2) is 0 Å². The highest BCUT2D eigenvalue weighted by molar-refractivity contribution is 7.89. The number of nitrogens with zero attached hydrogens (tertiary/aromatic N) is 5. The average Bonchev–Trinajstić information content (AvgIpc) is 3.44. The summed E-state index contributed by atoms with van der Waals surface area (Å²) in [6, 6.07) is 7.28. The van der Waals surface area contributed by atoms with Gasteiger partial charge in [-0.1, -0.05) is 11.6 Å². The van der Waals surface area contributed by atoms with Gasteiger partial charge in [-0.05, 0) is 37.1 Å². The van der Waals surface area contributed by atoms with E-state index in [1.54, 1.807) is 18.2 Å². The van der Waals surface area contributed by atoms with Crippen LogP contribution in [0.1, 0.15) is 12.8 Å². The van der Waals surface area contributed by atoms with Gasteiger partial charge in [-0.2, -0.15) is 9.40 Å². The maximum absolute atomic E-state index is 12.8. The van der Waals surface area contributed by atoms with E-state index in [0.29, 0.717) is 29.5 Å². The molecule has 1 N–H and O–H groups in total. The number of anilines is 1. The zero-order valence-electron chi connectivity index (χ0n) is 16.3. The largest absolute Gasteiger partial charge is 0.323 e. The highest BCUT2D eigenvalue weighted by atomic mass is 35.5. The lowest BCUT2D eigenvalue weighted by molar-refractivity contribution is -0.116. The van der Waals surface area contributed by atoms with Gasteiger partial charge < -0.3 is 9.88 Å². The predicted molar refractivity (Wildman–Crippen MR) is 114 cm³/mol. The third-order valence-corrected chi connectivity index (χ3v) is 6.99. The molecule has 1 saturated heterocycles. The maximum Gasteiger partial charge on any atom is 0.251 e. The minimum atomic E-state index is -3.71. The van der Waals surface area contributed by atoms with Crippen molar-refractivity contribution in [2.75, 3.05) is 18.4 Å². The molecule has 3 aromatic rings. The number of hydrogen-bond acceptors (Lipinski definition) is 6. The molecule has 1 aromatic carbocycles. The second kappa shape index (κ2) is 8.61. The maximum atomic E-state index is 12.8. The summed E-state index contributed by atoms with van der Waals surface area (Å²) < 4.78 is 29.4. The number of aromatic nitrogens is 4. The summed E-state index contributed by atoms with van der Waals surface area (Å²) in [4.78, 5) is 28.8. The number of halogens is 1. The lowest BCUT2D eigenvalue weighted by Crippen LogP contribution is -2.31. The molecule has 12 heteroatoms. The quantitative estimate of drug-likeness (QED) is 0.593. The number of carbonyl (C=O) groups is 1. The molecule has 1 aliphatic heterocycles. The van der Waals surface area contributed by atoms with Crippen molar-refractivity contribution in [1.29, 1.82) is 0 Å². The third-order valence-electron chi connectivity index (χ3n) is 4.87. The highest BCUT2D eigenvalue weighted by Crippen LogP contribution is 2.24. The van der Waals surface area contributed by atoms with E-state index in [0.717, 1.165) is 23.5 Å². The summed E-state index contributed by atoms with van der Waals surface area (Å²) in [6.45, 7) is 0.523. The van der Waals surface area contributed by atoms with Gasteiger partial charge in [-0.15, -0.1) is 0 Å². The van der Waals surface area contributed by atoms with Crippen molar-refractivity contribution in [3.8, 4) is 5.69 Å². The van der Waals surface area contributed by atoms with Gasteiger partial charge >= 0.3 is 0 Å². The number of pyridine rings is 1. The number of carbonyl (C=O) groups excluding carboxylic acids is 1. The molecule has 4 rings (SSSR count). The summed E-state index contributed by atoms with van der Waals surface area (Å²) in [5, 5.41) is 7.14. The molecule has 0 atom stereocenters. The van der Waals surface area contributed by atoms with Gasteiger partial charge in [-0.3, -0.25) is 9.59 Å². The highest BCUT2D eigenvalue weighted by Gasteiger charge is 2.27. The Bertz CT molecular complexity index is 1270. The van der Waals surface area contributed by atoms with Crippen LogP contribution in [0.2, 0.25) is 5.02 Å². The molecule has 1 fully saturated rings. The van der Waals surface area contributed by atoms with Crippen molar-refractivity contribution >= 4 is 33.2 Å². The van der Waals surface area contributed by atoms with Crippen LogP contribution in [-0.2, 0) is 21.4 Å². The molecule has 0 saturated carbocycles. The lowest BCUT2D eigenvalue weighted by atomic mass is 10.2. The Hall–Kier alpha value is -3.02. The number of benzene rings is 1. The number of sulfonamides is 1. The Morgan fingerprint density at radius 3 is 2.65 bits per heavy atom. The monoisotopic (exact) mass is 462 g/mol. The van der Waals surface area contributed by atoms with E-state index in [-0.39, 0.29) is 11.4 Å². The first-order chi connectivity index (χ1) is 14.8. The lowest BCUT2D eigenvalue weighted by Gasteiger charge is -2.16. The van der Waals surface area contributed by atoms with E-state index in [1.165, 1.54) is 33.9 Å². The smallest absolute Gasteiger partial charge is 0.251 e. The third kappa shape index (κ3) is 4.53. The van der Waals surface area contributed by atoms with Gasteiger partial charge in [0.25, 0.3) is 5.56 Å². The molecular formula is C19H19ClN6O4S. The van der Waals surface area contributed by atoms with Crippen molar-refractivity contribution in [2.45, 2.75) is 24.3 Å². The molecule has 3 heterocycles. The standard InChI is InChI=1S/C19H19ClN6O4S/c20-14-3-5-17(26-13-21-12-22-26)16(9-14)23-18(27)11-24-10-15(4-6-19(24)28)31(29,30)25-7-1-2-8-25/h3-6,9-10,12-13H,1-2,7-8,11H2,(H,23,27). The summed E-state index contributed by atoms with van der Waals surface area (Å²) in [5.74, 6) is -0.526. The molecule has 1 amide bonds. The normalized spacial score (nSPS) is 14.6. The summed E-state index contributed by atoms with van der Waals surface area (Å²) >= 11 is 6.06. The first-order valence-electron chi connectivity index (χ1n) is 9.50. The van der Waals surface area contributed by atoms with Gasteiger partial charge in [0, 0.05) is 30.4 Å². The number of hydrogen-bond donors (Lipinski definition) is 1. The SMILES string of the molecule is O=C(Cn1cc(S(=O)(=O)N2CCCC2)ccc1=O)Nc1cc(Cl)ccc1-n1cncn1. The van der Waals surface area contributed by atoms with E-state index in [4.69, 9.17) is 11.6 Å². The molecule has 0 spiro atoms. The Morgan fingerprint density at radius 1 is 1.16 bits per heavy atom. The van der Waals surface area contributed by atoms with Crippen LogP contribution in [-0.4, -0.2) is 51.1 Å². The molecule has 162 valence electrons. The molecule has 1 aliphatic rings. The van der Waals surface area contributed by atoms with Crippen molar-refractivity contribution in [3.05, 3.63) is 64.6 Å². The summed E-state index contributed by atoms with van der Waals surface area (Å²) in [6.07, 6.45) is 5.62. The second-order valence-corrected chi connectivity index (χ2v) is 9.37. The van der Waals surface area contributed by atoms with Crippen molar-refractivity contribution in [3.63, 3.8) is 0 Å². The molecule has 0 radical (unpaired) electrons. The Morgan fingerprint density at radius 2 is 1.94 bits per heavy atom.